The van der Waals surface area contributed by atoms with Crippen LogP contribution in [0.1, 0.15) is 16.8 Å². The summed E-state index contributed by atoms with van der Waals surface area (Å²) in [5.74, 6) is -0.764. The molecule has 112 valence electrons. The van der Waals surface area contributed by atoms with Crippen molar-refractivity contribution in [3.8, 4) is 0 Å². The average Bonchev–Trinajstić information content (AvgIpc) is 2.81. The van der Waals surface area contributed by atoms with Crippen LogP contribution < -0.4 is 11.1 Å². The van der Waals surface area contributed by atoms with Crippen molar-refractivity contribution in [2.45, 2.75) is 12.5 Å². The Morgan fingerprint density at radius 2 is 2.29 bits per heavy atom. The molecule has 4 N–H and O–H groups in total. The summed E-state index contributed by atoms with van der Waals surface area (Å²) in [6.07, 6.45) is 2.28. The quantitative estimate of drug-likeness (QED) is 0.748. The van der Waals surface area contributed by atoms with Gasteiger partial charge in [0.1, 0.15) is 6.04 Å². The Balaban J connectivity index is 2.14. The van der Waals surface area contributed by atoms with Crippen LogP contribution in [0.25, 0.3) is 10.2 Å². The molecule has 0 bridgehead atoms. The Morgan fingerprint density at radius 1 is 1.52 bits per heavy atom. The first kappa shape index (κ1) is 15.6. The number of benzene rings is 1. The smallest absolute Gasteiger partial charge is 0.326 e. The van der Waals surface area contributed by atoms with Gasteiger partial charge in [-0.05, 0) is 36.6 Å². The number of aliphatic carboxylic acids is 1. The molecule has 1 aromatic heterocycles. The number of amides is 1. The molecule has 0 aliphatic rings. The highest BCUT2D eigenvalue weighted by Crippen LogP contribution is 2.24. The number of fused-ring (bicyclic) bond motifs is 1. The van der Waals surface area contributed by atoms with Gasteiger partial charge in [0.05, 0.1) is 10.2 Å². The fourth-order valence-electron chi connectivity index (χ4n) is 1.82. The highest BCUT2D eigenvalue weighted by molar-refractivity contribution is 7.98. The van der Waals surface area contributed by atoms with Gasteiger partial charge in [-0.1, -0.05) is 11.3 Å². The highest BCUT2D eigenvalue weighted by atomic mass is 32.2. The Kier molecular flexibility index (Phi) is 5.03. The lowest BCUT2D eigenvalue weighted by atomic mass is 10.1. The number of aromatic nitrogens is 1. The zero-order chi connectivity index (χ0) is 15.4. The molecule has 0 fully saturated rings. The fraction of sp³-hybridized carbons (Fsp3) is 0.308. The third kappa shape index (κ3) is 3.85. The van der Waals surface area contributed by atoms with Gasteiger partial charge >= 0.3 is 5.97 Å². The summed E-state index contributed by atoms with van der Waals surface area (Å²) >= 11 is 2.83. The van der Waals surface area contributed by atoms with Crippen molar-refractivity contribution in [3.05, 3.63) is 23.8 Å². The number of nitrogens with one attached hydrogen (secondary N) is 1. The molecular formula is C13H15N3O3S2. The second-order valence-electron chi connectivity index (χ2n) is 4.38. The van der Waals surface area contributed by atoms with Gasteiger partial charge in [-0.25, -0.2) is 9.78 Å². The van der Waals surface area contributed by atoms with E-state index in [9.17, 15) is 9.59 Å². The number of carbonyl (C=O) groups excluding carboxylic acids is 1. The number of carbonyl (C=O) groups is 2. The van der Waals surface area contributed by atoms with Crippen molar-refractivity contribution >= 4 is 50.3 Å². The predicted molar refractivity (Wildman–Crippen MR) is 85.9 cm³/mol. The van der Waals surface area contributed by atoms with Crippen molar-refractivity contribution in [3.63, 3.8) is 0 Å². The van der Waals surface area contributed by atoms with E-state index in [1.165, 1.54) is 23.1 Å². The molecule has 0 radical (unpaired) electrons. The van der Waals surface area contributed by atoms with Crippen molar-refractivity contribution in [1.82, 2.24) is 10.3 Å². The van der Waals surface area contributed by atoms with Crippen molar-refractivity contribution in [2.24, 2.45) is 0 Å². The standard InChI is InChI=1S/C13H15N3O3S2/c1-20-5-4-9(12(18)19)15-11(17)7-2-3-8-10(6-7)21-13(14)16-8/h2-3,6,9H,4-5H2,1H3,(H2,14,16)(H,15,17)(H,18,19). The summed E-state index contributed by atoms with van der Waals surface area (Å²) in [4.78, 5) is 27.4. The first-order valence-corrected chi connectivity index (χ1v) is 8.41. The molecule has 6 nitrogen and oxygen atoms in total. The van der Waals surface area contributed by atoms with Crippen molar-refractivity contribution in [1.29, 1.82) is 0 Å². The average molecular weight is 325 g/mol. The Labute approximate surface area is 129 Å². The molecule has 0 saturated heterocycles. The number of anilines is 1. The van der Waals surface area contributed by atoms with Crippen LogP contribution in [0.3, 0.4) is 0 Å². The zero-order valence-corrected chi connectivity index (χ0v) is 13.0. The molecule has 2 rings (SSSR count). The normalized spacial score (nSPS) is 12.2. The van der Waals surface area contributed by atoms with Gasteiger partial charge in [-0.3, -0.25) is 4.79 Å². The first-order valence-electron chi connectivity index (χ1n) is 6.20. The third-order valence-corrected chi connectivity index (χ3v) is 4.37. The summed E-state index contributed by atoms with van der Waals surface area (Å²) in [5.41, 5.74) is 6.75. The number of rotatable bonds is 6. The van der Waals surface area contributed by atoms with Gasteiger partial charge in [-0.2, -0.15) is 11.8 Å². The molecule has 1 amide bonds. The molecule has 1 unspecified atom stereocenters. The number of thioether (sulfide) groups is 1. The van der Waals surface area contributed by atoms with E-state index in [1.54, 1.807) is 18.2 Å². The van der Waals surface area contributed by atoms with Gasteiger partial charge in [0.2, 0.25) is 0 Å². The SMILES string of the molecule is CSCCC(NC(=O)c1ccc2nc(N)sc2c1)C(=O)O. The van der Waals surface area contributed by atoms with Crippen LogP contribution in [0.5, 0.6) is 0 Å². The van der Waals surface area contributed by atoms with Crippen LogP contribution in [0.15, 0.2) is 18.2 Å². The Morgan fingerprint density at radius 3 is 2.95 bits per heavy atom. The maximum Gasteiger partial charge on any atom is 0.326 e. The number of carboxylic acid groups (broad SMARTS) is 1. The number of thiazole rings is 1. The summed E-state index contributed by atoms with van der Waals surface area (Å²) < 4.78 is 0.802. The van der Waals surface area contributed by atoms with E-state index in [0.717, 1.165) is 10.2 Å². The third-order valence-electron chi connectivity index (χ3n) is 2.88. The van der Waals surface area contributed by atoms with Crippen LogP contribution >= 0.6 is 23.1 Å². The van der Waals surface area contributed by atoms with Gasteiger partial charge < -0.3 is 16.2 Å². The minimum Gasteiger partial charge on any atom is -0.480 e. The van der Waals surface area contributed by atoms with Crippen molar-refractivity contribution < 1.29 is 14.7 Å². The lowest BCUT2D eigenvalue weighted by Crippen LogP contribution is -2.41. The number of nitrogens with two attached hydrogens (primary N) is 1. The van der Waals surface area contributed by atoms with Crippen molar-refractivity contribution in [2.75, 3.05) is 17.7 Å². The van der Waals surface area contributed by atoms with Gasteiger partial charge in [-0.15, -0.1) is 0 Å². The lowest BCUT2D eigenvalue weighted by molar-refractivity contribution is -0.139. The van der Waals surface area contributed by atoms with E-state index in [4.69, 9.17) is 10.8 Å². The molecular weight excluding hydrogens is 310 g/mol. The number of hydrogen-bond donors (Lipinski definition) is 3. The van der Waals surface area contributed by atoms with E-state index in [2.05, 4.69) is 10.3 Å². The van der Waals surface area contributed by atoms with Crippen LogP contribution in [-0.2, 0) is 4.79 Å². The molecule has 1 aromatic carbocycles. The van der Waals surface area contributed by atoms with Gasteiger partial charge in [0.25, 0.3) is 5.91 Å². The van der Waals surface area contributed by atoms with E-state index >= 15 is 0 Å². The molecule has 1 atom stereocenters. The summed E-state index contributed by atoms with van der Waals surface area (Å²) in [6, 6.07) is 4.11. The molecule has 0 saturated carbocycles. The maximum atomic E-state index is 12.1. The maximum absolute atomic E-state index is 12.1. The summed E-state index contributed by atoms with van der Waals surface area (Å²) in [7, 11) is 0. The number of hydrogen-bond acceptors (Lipinski definition) is 6. The zero-order valence-electron chi connectivity index (χ0n) is 11.3. The van der Waals surface area contributed by atoms with Gasteiger partial charge in [0.15, 0.2) is 5.13 Å². The second kappa shape index (κ2) is 6.77. The number of nitrogens with zero attached hydrogens (tertiary/aromatic N) is 1. The van der Waals surface area contributed by atoms with Crippen LogP contribution in [-0.4, -0.2) is 40.0 Å². The summed E-state index contributed by atoms with van der Waals surface area (Å²) in [6.45, 7) is 0. The molecule has 21 heavy (non-hydrogen) atoms. The summed E-state index contributed by atoms with van der Waals surface area (Å²) in [5, 5.41) is 12.1. The molecule has 0 aliphatic heterocycles. The number of nitrogen functional groups attached to an aromatic ring is 1. The topological polar surface area (TPSA) is 105 Å². The number of carboxylic acids is 1. The van der Waals surface area contributed by atoms with E-state index in [1.807, 2.05) is 6.26 Å². The van der Waals surface area contributed by atoms with E-state index in [0.29, 0.717) is 22.9 Å². The molecule has 1 heterocycles. The molecule has 8 heteroatoms. The Bertz CT molecular complexity index is 672. The Hall–Kier alpha value is -1.80. The molecule has 2 aromatic rings. The van der Waals surface area contributed by atoms with Crippen LogP contribution in [0.4, 0.5) is 5.13 Å². The monoisotopic (exact) mass is 325 g/mol. The lowest BCUT2D eigenvalue weighted by Gasteiger charge is -2.13. The van der Waals surface area contributed by atoms with Crippen LogP contribution in [0, 0.1) is 0 Å². The van der Waals surface area contributed by atoms with Gasteiger partial charge in [0, 0.05) is 5.56 Å². The fourth-order valence-corrected chi connectivity index (χ4v) is 3.06. The predicted octanol–water partition coefficient (Wildman–Crippen LogP) is 1.81. The largest absolute Gasteiger partial charge is 0.480 e. The molecule has 0 spiro atoms. The minimum atomic E-state index is -1.03. The van der Waals surface area contributed by atoms with Crippen LogP contribution in [0.2, 0.25) is 0 Å². The first-order chi connectivity index (χ1) is 10.0. The van der Waals surface area contributed by atoms with E-state index < -0.39 is 17.9 Å². The second-order valence-corrected chi connectivity index (χ2v) is 6.43. The molecule has 0 aliphatic carbocycles. The minimum absolute atomic E-state index is 0.387. The highest BCUT2D eigenvalue weighted by Gasteiger charge is 2.20. The van der Waals surface area contributed by atoms with E-state index in [-0.39, 0.29) is 0 Å².